The third-order valence-corrected chi connectivity index (χ3v) is 1.50. The number of carbonyl (C=O) groups is 1. The first kappa shape index (κ1) is 13.1. The van der Waals surface area contributed by atoms with Gasteiger partial charge >= 0.3 is 5.97 Å². The molecule has 0 radical (unpaired) electrons. The van der Waals surface area contributed by atoms with Gasteiger partial charge in [-0.15, -0.1) is 6.58 Å². The average molecular weight is 201 g/mol. The maximum absolute atomic E-state index is 11.0. The van der Waals surface area contributed by atoms with Crippen molar-refractivity contribution in [1.29, 1.82) is 0 Å². The number of hydrogen-bond donors (Lipinski definition) is 1. The summed E-state index contributed by atoms with van der Waals surface area (Å²) in [7, 11) is 0. The first-order valence-corrected chi connectivity index (χ1v) is 4.92. The summed E-state index contributed by atoms with van der Waals surface area (Å²) < 4.78 is 5.03. The van der Waals surface area contributed by atoms with Crippen molar-refractivity contribution in [2.75, 3.05) is 19.8 Å². The molecular formula is C10H19NO3. The summed E-state index contributed by atoms with van der Waals surface area (Å²) >= 11 is 0. The molecule has 0 fully saturated rings. The van der Waals surface area contributed by atoms with Gasteiger partial charge in [0.05, 0.1) is 19.6 Å². The van der Waals surface area contributed by atoms with E-state index in [1.807, 2.05) is 0 Å². The van der Waals surface area contributed by atoms with E-state index in [0.29, 0.717) is 19.8 Å². The van der Waals surface area contributed by atoms with Crippen molar-refractivity contribution in [2.45, 2.75) is 26.2 Å². The SMILES string of the molecule is C=CCOCCC(=O)ONCCCC. The Hall–Kier alpha value is -0.870. The zero-order valence-electron chi connectivity index (χ0n) is 8.75. The number of rotatable bonds is 9. The van der Waals surface area contributed by atoms with Crippen LogP contribution in [0.1, 0.15) is 26.2 Å². The maximum Gasteiger partial charge on any atom is 0.327 e. The lowest BCUT2D eigenvalue weighted by molar-refractivity contribution is -0.152. The molecule has 0 saturated carbocycles. The highest BCUT2D eigenvalue weighted by Gasteiger charge is 2.01. The van der Waals surface area contributed by atoms with E-state index in [9.17, 15) is 4.79 Å². The molecule has 4 nitrogen and oxygen atoms in total. The average Bonchev–Trinajstić information content (AvgIpc) is 2.19. The van der Waals surface area contributed by atoms with Crippen molar-refractivity contribution in [2.24, 2.45) is 0 Å². The number of unbranched alkanes of at least 4 members (excludes halogenated alkanes) is 1. The lowest BCUT2D eigenvalue weighted by atomic mass is 10.3. The van der Waals surface area contributed by atoms with Crippen LogP contribution in [0.15, 0.2) is 12.7 Å². The fourth-order valence-corrected chi connectivity index (χ4v) is 0.754. The third kappa shape index (κ3) is 9.22. The van der Waals surface area contributed by atoms with Gasteiger partial charge in [-0.05, 0) is 6.42 Å². The lowest BCUT2D eigenvalue weighted by Crippen LogP contribution is -2.21. The van der Waals surface area contributed by atoms with Crippen molar-refractivity contribution >= 4 is 5.97 Å². The van der Waals surface area contributed by atoms with E-state index in [2.05, 4.69) is 19.0 Å². The Bertz CT molecular complexity index is 159. The Kier molecular flexibility index (Phi) is 9.58. The molecule has 0 aliphatic rings. The number of hydroxylamine groups is 1. The van der Waals surface area contributed by atoms with Crippen LogP contribution in [-0.2, 0) is 14.4 Å². The first-order valence-electron chi connectivity index (χ1n) is 4.92. The predicted octanol–water partition coefficient (Wildman–Crippen LogP) is 1.43. The van der Waals surface area contributed by atoms with Gasteiger partial charge in [-0.1, -0.05) is 19.4 Å². The molecule has 0 spiro atoms. The number of hydrogen-bond acceptors (Lipinski definition) is 4. The van der Waals surface area contributed by atoms with Crippen LogP contribution < -0.4 is 5.48 Å². The Morgan fingerprint density at radius 1 is 1.57 bits per heavy atom. The fourth-order valence-electron chi connectivity index (χ4n) is 0.754. The highest BCUT2D eigenvalue weighted by Crippen LogP contribution is 1.88. The standard InChI is InChI=1S/C10H19NO3/c1-3-5-7-11-14-10(12)6-9-13-8-4-2/h4,11H,2-3,5-9H2,1H3. The number of carbonyl (C=O) groups excluding carboxylic acids is 1. The summed E-state index contributed by atoms with van der Waals surface area (Å²) in [5.74, 6) is -0.287. The summed E-state index contributed by atoms with van der Waals surface area (Å²) in [6.07, 6.45) is 3.99. The van der Waals surface area contributed by atoms with Gasteiger partial charge in [-0.2, -0.15) is 5.48 Å². The molecule has 0 aromatic rings. The van der Waals surface area contributed by atoms with Crippen molar-refractivity contribution in [3.63, 3.8) is 0 Å². The van der Waals surface area contributed by atoms with Crippen LogP contribution in [0.4, 0.5) is 0 Å². The molecule has 0 bridgehead atoms. The van der Waals surface area contributed by atoms with Gasteiger partial charge in [-0.3, -0.25) is 4.79 Å². The largest absolute Gasteiger partial charge is 0.377 e. The van der Waals surface area contributed by atoms with E-state index in [1.54, 1.807) is 6.08 Å². The second kappa shape index (κ2) is 10.2. The molecule has 4 heteroatoms. The van der Waals surface area contributed by atoms with Gasteiger partial charge in [0, 0.05) is 6.54 Å². The summed E-state index contributed by atoms with van der Waals surface area (Å²) in [4.78, 5) is 15.7. The minimum Gasteiger partial charge on any atom is -0.377 e. The van der Waals surface area contributed by atoms with Gasteiger partial charge in [0.15, 0.2) is 0 Å². The minimum absolute atomic E-state index is 0.271. The molecule has 0 rings (SSSR count). The van der Waals surface area contributed by atoms with E-state index in [1.165, 1.54) is 0 Å². The molecule has 0 aromatic carbocycles. The smallest absolute Gasteiger partial charge is 0.327 e. The second-order valence-corrected chi connectivity index (χ2v) is 2.84. The van der Waals surface area contributed by atoms with Crippen LogP contribution in [0.25, 0.3) is 0 Å². The van der Waals surface area contributed by atoms with Crippen molar-refractivity contribution in [1.82, 2.24) is 5.48 Å². The Morgan fingerprint density at radius 2 is 2.36 bits per heavy atom. The number of nitrogens with one attached hydrogen (secondary N) is 1. The molecule has 0 atom stereocenters. The third-order valence-electron chi connectivity index (χ3n) is 1.50. The molecule has 14 heavy (non-hydrogen) atoms. The lowest BCUT2D eigenvalue weighted by Gasteiger charge is -2.04. The van der Waals surface area contributed by atoms with Crippen LogP contribution in [0.5, 0.6) is 0 Å². The highest BCUT2D eigenvalue weighted by molar-refractivity contribution is 5.69. The summed E-state index contributed by atoms with van der Waals surface area (Å²) in [5, 5.41) is 0. The molecule has 0 amide bonds. The normalized spacial score (nSPS) is 9.79. The van der Waals surface area contributed by atoms with Gasteiger partial charge in [0.1, 0.15) is 0 Å². The second-order valence-electron chi connectivity index (χ2n) is 2.84. The van der Waals surface area contributed by atoms with Gasteiger partial charge < -0.3 is 9.57 Å². The van der Waals surface area contributed by atoms with Crippen LogP contribution in [0.2, 0.25) is 0 Å². The van der Waals surface area contributed by atoms with Crippen LogP contribution in [0.3, 0.4) is 0 Å². The van der Waals surface area contributed by atoms with E-state index in [4.69, 9.17) is 9.57 Å². The van der Waals surface area contributed by atoms with Crippen LogP contribution in [-0.4, -0.2) is 25.7 Å². The van der Waals surface area contributed by atoms with E-state index >= 15 is 0 Å². The topological polar surface area (TPSA) is 47.6 Å². The quantitative estimate of drug-likeness (QED) is 0.348. The van der Waals surface area contributed by atoms with Gasteiger partial charge in [-0.25, -0.2) is 0 Å². The predicted molar refractivity (Wildman–Crippen MR) is 54.6 cm³/mol. The Labute approximate surface area is 85.2 Å². The minimum atomic E-state index is -0.287. The summed E-state index contributed by atoms with van der Waals surface area (Å²) in [6.45, 7) is 7.12. The highest BCUT2D eigenvalue weighted by atomic mass is 16.7. The van der Waals surface area contributed by atoms with Gasteiger partial charge in [0.25, 0.3) is 0 Å². The zero-order valence-corrected chi connectivity index (χ0v) is 8.75. The molecule has 0 heterocycles. The van der Waals surface area contributed by atoms with E-state index in [-0.39, 0.29) is 12.4 Å². The van der Waals surface area contributed by atoms with Crippen molar-refractivity contribution < 1.29 is 14.4 Å². The molecule has 0 aliphatic heterocycles. The monoisotopic (exact) mass is 201 g/mol. The van der Waals surface area contributed by atoms with Crippen molar-refractivity contribution in [3.8, 4) is 0 Å². The van der Waals surface area contributed by atoms with Crippen molar-refractivity contribution in [3.05, 3.63) is 12.7 Å². The molecule has 0 aliphatic carbocycles. The summed E-state index contributed by atoms with van der Waals surface area (Å²) in [5.41, 5.74) is 2.60. The maximum atomic E-state index is 11.0. The molecule has 0 aromatic heterocycles. The zero-order chi connectivity index (χ0) is 10.6. The fraction of sp³-hybridized carbons (Fsp3) is 0.700. The van der Waals surface area contributed by atoms with Crippen LogP contribution >= 0.6 is 0 Å². The molecule has 0 saturated heterocycles. The Balaban J connectivity index is 3.15. The molecule has 0 unspecified atom stereocenters. The summed E-state index contributed by atoms with van der Waals surface area (Å²) in [6, 6.07) is 0. The van der Waals surface area contributed by atoms with E-state index in [0.717, 1.165) is 12.8 Å². The van der Waals surface area contributed by atoms with E-state index < -0.39 is 0 Å². The first-order chi connectivity index (χ1) is 6.81. The molecule has 82 valence electrons. The van der Waals surface area contributed by atoms with Gasteiger partial charge in [0.2, 0.25) is 0 Å². The Morgan fingerprint density at radius 3 is 3.00 bits per heavy atom. The van der Waals surface area contributed by atoms with Crippen LogP contribution in [0, 0.1) is 0 Å². The number of ether oxygens (including phenoxy) is 1. The molecular weight excluding hydrogens is 182 g/mol. The molecule has 1 N–H and O–H groups in total.